The minimum Gasteiger partial charge on any atom is -0.465 e. The average Bonchev–Trinajstić information content (AvgIpc) is 2.39. The summed E-state index contributed by atoms with van der Waals surface area (Å²) in [6, 6.07) is 8.10. The number of rotatable bonds is 9. The molecule has 0 aliphatic rings. The van der Waals surface area contributed by atoms with E-state index in [0.29, 0.717) is 0 Å². The van der Waals surface area contributed by atoms with E-state index in [1.54, 1.807) is 0 Å². The van der Waals surface area contributed by atoms with Gasteiger partial charge in [-0.05, 0) is 37.5 Å². The van der Waals surface area contributed by atoms with Crippen molar-refractivity contribution in [2.24, 2.45) is 0 Å². The lowest BCUT2D eigenvalue weighted by atomic mass is 10.1. The standard InChI is InChI=1S/C17H26O/c1-3-4-5-6-7-8-9-12-15-18-17-14-11-10-13-16(17)2/h10-15H,3-9H2,1-2H3. The van der Waals surface area contributed by atoms with E-state index in [4.69, 9.17) is 4.74 Å². The van der Waals surface area contributed by atoms with Gasteiger partial charge >= 0.3 is 0 Å². The molecule has 0 saturated carbocycles. The molecule has 0 aliphatic heterocycles. The van der Waals surface area contributed by atoms with Crippen molar-refractivity contribution in [1.29, 1.82) is 0 Å². The number of para-hydroxylation sites is 1. The lowest BCUT2D eigenvalue weighted by Crippen LogP contribution is -1.85. The van der Waals surface area contributed by atoms with Crippen LogP contribution in [0.2, 0.25) is 0 Å². The van der Waals surface area contributed by atoms with E-state index < -0.39 is 0 Å². The van der Waals surface area contributed by atoms with Gasteiger partial charge in [-0.2, -0.15) is 0 Å². The van der Waals surface area contributed by atoms with Gasteiger partial charge in [0.1, 0.15) is 5.75 Å². The predicted octanol–water partition coefficient (Wildman–Crippen LogP) is 5.64. The molecule has 0 radical (unpaired) electrons. The molecule has 1 nitrogen and oxygen atoms in total. The Morgan fingerprint density at radius 3 is 2.50 bits per heavy atom. The van der Waals surface area contributed by atoms with E-state index in [-0.39, 0.29) is 0 Å². The Bertz CT molecular complexity index is 341. The Kier molecular flexibility index (Phi) is 8.03. The summed E-state index contributed by atoms with van der Waals surface area (Å²) in [6.45, 7) is 4.32. The number of hydrogen-bond acceptors (Lipinski definition) is 1. The lowest BCUT2D eigenvalue weighted by molar-refractivity contribution is 0.474. The monoisotopic (exact) mass is 246 g/mol. The maximum Gasteiger partial charge on any atom is 0.129 e. The highest BCUT2D eigenvalue weighted by molar-refractivity contribution is 5.32. The van der Waals surface area contributed by atoms with Crippen molar-refractivity contribution in [3.63, 3.8) is 0 Å². The minimum atomic E-state index is 0.955. The van der Waals surface area contributed by atoms with Gasteiger partial charge in [0.25, 0.3) is 0 Å². The molecule has 0 bridgehead atoms. The first-order valence-electron chi connectivity index (χ1n) is 7.22. The van der Waals surface area contributed by atoms with Crippen LogP contribution in [-0.2, 0) is 0 Å². The molecule has 1 rings (SSSR count). The molecular formula is C17H26O. The summed E-state index contributed by atoms with van der Waals surface area (Å²) in [6.07, 6.45) is 13.2. The number of unbranched alkanes of at least 4 members (excludes halogenated alkanes) is 6. The molecule has 0 atom stereocenters. The molecule has 100 valence electrons. The molecule has 0 spiro atoms. The van der Waals surface area contributed by atoms with Crippen LogP contribution in [-0.4, -0.2) is 0 Å². The zero-order valence-corrected chi connectivity index (χ0v) is 11.8. The first-order chi connectivity index (χ1) is 8.84. The largest absolute Gasteiger partial charge is 0.465 e. The molecule has 18 heavy (non-hydrogen) atoms. The van der Waals surface area contributed by atoms with Gasteiger partial charge in [-0.3, -0.25) is 0 Å². The van der Waals surface area contributed by atoms with Crippen LogP contribution in [0.1, 0.15) is 57.4 Å². The summed E-state index contributed by atoms with van der Waals surface area (Å²) in [5.41, 5.74) is 1.18. The van der Waals surface area contributed by atoms with Crippen molar-refractivity contribution in [1.82, 2.24) is 0 Å². The van der Waals surface area contributed by atoms with E-state index in [9.17, 15) is 0 Å². The van der Waals surface area contributed by atoms with E-state index in [2.05, 4.69) is 26.0 Å². The van der Waals surface area contributed by atoms with Gasteiger partial charge in [0.2, 0.25) is 0 Å². The number of allylic oxidation sites excluding steroid dienone is 1. The normalized spacial score (nSPS) is 11.0. The van der Waals surface area contributed by atoms with Gasteiger partial charge in [0.15, 0.2) is 0 Å². The second kappa shape index (κ2) is 9.76. The van der Waals surface area contributed by atoms with Crippen LogP contribution in [0.25, 0.3) is 0 Å². The van der Waals surface area contributed by atoms with E-state index in [0.717, 1.165) is 12.2 Å². The highest BCUT2D eigenvalue weighted by atomic mass is 16.5. The quantitative estimate of drug-likeness (QED) is 0.405. The fourth-order valence-electron chi connectivity index (χ4n) is 1.92. The minimum absolute atomic E-state index is 0.955. The van der Waals surface area contributed by atoms with Gasteiger partial charge in [0.05, 0.1) is 6.26 Å². The summed E-state index contributed by atoms with van der Waals surface area (Å²) in [4.78, 5) is 0. The number of benzene rings is 1. The van der Waals surface area contributed by atoms with Crippen molar-refractivity contribution in [3.8, 4) is 5.75 Å². The predicted molar refractivity (Wildman–Crippen MR) is 78.9 cm³/mol. The van der Waals surface area contributed by atoms with E-state index >= 15 is 0 Å². The summed E-state index contributed by atoms with van der Waals surface area (Å²) in [5.74, 6) is 0.955. The molecule has 1 aromatic carbocycles. The molecule has 0 saturated heterocycles. The van der Waals surface area contributed by atoms with Crippen LogP contribution in [0, 0.1) is 6.92 Å². The summed E-state index contributed by atoms with van der Waals surface area (Å²) in [5, 5.41) is 0. The fourth-order valence-corrected chi connectivity index (χ4v) is 1.92. The fraction of sp³-hybridized carbons (Fsp3) is 0.529. The first kappa shape index (κ1) is 14.8. The molecule has 0 unspecified atom stereocenters. The van der Waals surface area contributed by atoms with Gasteiger partial charge in [0, 0.05) is 0 Å². The Morgan fingerprint density at radius 2 is 1.72 bits per heavy atom. The molecular weight excluding hydrogens is 220 g/mol. The van der Waals surface area contributed by atoms with Crippen LogP contribution in [0.5, 0.6) is 5.75 Å². The third-order valence-electron chi connectivity index (χ3n) is 3.11. The summed E-state index contributed by atoms with van der Waals surface area (Å²) < 4.78 is 5.60. The summed E-state index contributed by atoms with van der Waals surface area (Å²) >= 11 is 0. The van der Waals surface area contributed by atoms with Crippen molar-refractivity contribution >= 4 is 0 Å². The molecule has 0 N–H and O–H groups in total. The van der Waals surface area contributed by atoms with Crippen LogP contribution in [0.15, 0.2) is 36.6 Å². The summed E-state index contributed by atoms with van der Waals surface area (Å²) in [7, 11) is 0. The number of hydrogen-bond donors (Lipinski definition) is 0. The Labute approximate surface area is 112 Å². The molecule has 1 heteroatoms. The zero-order chi connectivity index (χ0) is 13.1. The molecule has 0 heterocycles. The van der Waals surface area contributed by atoms with Crippen LogP contribution in [0.3, 0.4) is 0 Å². The highest BCUT2D eigenvalue weighted by Crippen LogP contribution is 2.16. The Balaban J connectivity index is 2.06. The third kappa shape index (κ3) is 6.48. The van der Waals surface area contributed by atoms with Crippen molar-refractivity contribution in [3.05, 3.63) is 42.2 Å². The topological polar surface area (TPSA) is 9.23 Å². The van der Waals surface area contributed by atoms with Crippen LogP contribution in [0.4, 0.5) is 0 Å². The average molecular weight is 246 g/mol. The van der Waals surface area contributed by atoms with Crippen molar-refractivity contribution in [2.45, 2.75) is 58.8 Å². The van der Waals surface area contributed by atoms with Gasteiger partial charge in [-0.1, -0.05) is 57.2 Å². The van der Waals surface area contributed by atoms with Crippen molar-refractivity contribution < 1.29 is 4.74 Å². The molecule has 0 aromatic heterocycles. The smallest absolute Gasteiger partial charge is 0.129 e. The van der Waals surface area contributed by atoms with E-state index in [1.807, 2.05) is 24.5 Å². The third-order valence-corrected chi connectivity index (χ3v) is 3.11. The van der Waals surface area contributed by atoms with Gasteiger partial charge in [-0.15, -0.1) is 0 Å². The van der Waals surface area contributed by atoms with Gasteiger partial charge in [-0.25, -0.2) is 0 Å². The number of aryl methyl sites for hydroxylation is 1. The maximum absolute atomic E-state index is 5.60. The van der Waals surface area contributed by atoms with Crippen LogP contribution < -0.4 is 4.74 Å². The second-order valence-electron chi connectivity index (χ2n) is 4.81. The molecule has 0 amide bonds. The molecule has 1 aromatic rings. The molecule has 0 fully saturated rings. The molecule has 0 aliphatic carbocycles. The Hall–Kier alpha value is -1.24. The second-order valence-corrected chi connectivity index (χ2v) is 4.81. The van der Waals surface area contributed by atoms with E-state index in [1.165, 1.54) is 44.1 Å². The maximum atomic E-state index is 5.60. The SMILES string of the molecule is CCCCCCCCC=COc1ccccc1C. The zero-order valence-electron chi connectivity index (χ0n) is 11.8. The number of ether oxygens (including phenoxy) is 1. The van der Waals surface area contributed by atoms with Crippen LogP contribution >= 0.6 is 0 Å². The van der Waals surface area contributed by atoms with Crippen molar-refractivity contribution in [2.75, 3.05) is 0 Å². The highest BCUT2D eigenvalue weighted by Gasteiger charge is 1.93. The first-order valence-corrected chi connectivity index (χ1v) is 7.22. The van der Waals surface area contributed by atoms with Gasteiger partial charge < -0.3 is 4.74 Å². The Morgan fingerprint density at radius 1 is 1.00 bits per heavy atom. The lowest BCUT2D eigenvalue weighted by Gasteiger charge is -2.03.